The van der Waals surface area contributed by atoms with Crippen molar-refractivity contribution in [3.05, 3.63) is 48.5 Å². The number of hydrogen-bond acceptors (Lipinski definition) is 2. The zero-order valence-electron chi connectivity index (χ0n) is 10.6. The van der Waals surface area contributed by atoms with E-state index in [2.05, 4.69) is 21.9 Å². The standard InChI is InChI=1S/C13H12ClF2N3O/c1-9(18-12(20)13(14,15)16)10-2-4-11(5-3-10)19-7-6-17-8-19/h2-9H,1H3,(H,18,20)/t9-/m0/s1. The summed E-state index contributed by atoms with van der Waals surface area (Å²) in [6, 6.07) is 6.53. The number of amides is 1. The molecule has 0 bridgehead atoms. The Balaban J connectivity index is 2.08. The molecule has 0 fully saturated rings. The van der Waals surface area contributed by atoms with Crippen molar-refractivity contribution in [3.63, 3.8) is 0 Å². The highest BCUT2D eigenvalue weighted by Crippen LogP contribution is 2.21. The fourth-order valence-electron chi connectivity index (χ4n) is 1.71. The number of aromatic nitrogens is 2. The molecule has 2 aromatic rings. The van der Waals surface area contributed by atoms with Gasteiger partial charge in [-0.25, -0.2) is 4.98 Å². The molecule has 1 atom stereocenters. The van der Waals surface area contributed by atoms with Gasteiger partial charge in [-0.15, -0.1) is 0 Å². The van der Waals surface area contributed by atoms with Crippen molar-refractivity contribution in [1.82, 2.24) is 14.9 Å². The number of carbonyl (C=O) groups excluding carboxylic acids is 1. The lowest BCUT2D eigenvalue weighted by Gasteiger charge is -2.16. The Morgan fingerprint density at radius 1 is 1.40 bits per heavy atom. The van der Waals surface area contributed by atoms with Crippen molar-refractivity contribution < 1.29 is 13.6 Å². The Bertz CT molecular complexity index is 579. The monoisotopic (exact) mass is 299 g/mol. The highest BCUT2D eigenvalue weighted by molar-refractivity contribution is 6.32. The summed E-state index contributed by atoms with van der Waals surface area (Å²) in [5, 5.41) is -1.75. The molecule has 0 saturated heterocycles. The summed E-state index contributed by atoms with van der Waals surface area (Å²) < 4.78 is 27.0. The average molecular weight is 300 g/mol. The number of carbonyl (C=O) groups is 1. The van der Waals surface area contributed by atoms with Gasteiger partial charge in [-0.1, -0.05) is 12.1 Å². The third-order valence-corrected chi connectivity index (χ3v) is 2.97. The van der Waals surface area contributed by atoms with Gasteiger partial charge in [-0.05, 0) is 36.2 Å². The first-order valence-corrected chi connectivity index (χ1v) is 6.21. The first-order valence-electron chi connectivity index (χ1n) is 5.84. The van der Waals surface area contributed by atoms with Crippen molar-refractivity contribution in [2.45, 2.75) is 18.3 Å². The number of halogens is 3. The molecule has 1 N–H and O–H groups in total. The smallest absolute Gasteiger partial charge is 0.343 e. The van der Waals surface area contributed by atoms with Gasteiger partial charge in [-0.2, -0.15) is 8.78 Å². The molecule has 0 spiro atoms. The Morgan fingerprint density at radius 3 is 2.55 bits per heavy atom. The third-order valence-electron chi connectivity index (χ3n) is 2.80. The Hall–Kier alpha value is -1.95. The highest BCUT2D eigenvalue weighted by atomic mass is 35.5. The van der Waals surface area contributed by atoms with E-state index >= 15 is 0 Å². The molecule has 1 aromatic carbocycles. The van der Waals surface area contributed by atoms with Crippen molar-refractivity contribution in [3.8, 4) is 5.69 Å². The van der Waals surface area contributed by atoms with E-state index in [1.54, 1.807) is 54.5 Å². The summed E-state index contributed by atoms with van der Waals surface area (Å²) in [5.74, 6) is -1.51. The van der Waals surface area contributed by atoms with Gasteiger partial charge >= 0.3 is 11.3 Å². The first kappa shape index (κ1) is 14.5. The van der Waals surface area contributed by atoms with Gasteiger partial charge in [-0.3, -0.25) is 4.79 Å². The SMILES string of the molecule is C[C@H](NC(=O)C(F)(F)Cl)c1ccc(-n2ccnc2)cc1. The second-order valence-corrected chi connectivity index (χ2v) is 4.73. The summed E-state index contributed by atoms with van der Waals surface area (Å²) in [6.45, 7) is 1.60. The van der Waals surface area contributed by atoms with Crippen molar-refractivity contribution in [2.24, 2.45) is 0 Å². The molecule has 106 valence electrons. The molecule has 0 aliphatic rings. The lowest BCUT2D eigenvalue weighted by Crippen LogP contribution is -2.37. The molecule has 1 amide bonds. The van der Waals surface area contributed by atoms with E-state index in [1.807, 2.05) is 0 Å². The van der Waals surface area contributed by atoms with Gasteiger partial charge in [0, 0.05) is 18.1 Å². The van der Waals surface area contributed by atoms with Crippen LogP contribution in [0.2, 0.25) is 0 Å². The van der Waals surface area contributed by atoms with E-state index in [0.717, 1.165) is 5.69 Å². The maximum absolute atomic E-state index is 12.6. The van der Waals surface area contributed by atoms with Crippen LogP contribution in [0.15, 0.2) is 43.0 Å². The second-order valence-electron chi connectivity index (χ2n) is 4.25. The normalized spacial score (nSPS) is 13.0. The van der Waals surface area contributed by atoms with Crippen molar-refractivity contribution in [1.29, 1.82) is 0 Å². The number of alkyl halides is 3. The highest BCUT2D eigenvalue weighted by Gasteiger charge is 2.36. The molecule has 0 saturated carbocycles. The van der Waals surface area contributed by atoms with E-state index in [1.165, 1.54) is 0 Å². The van der Waals surface area contributed by atoms with Gasteiger partial charge in [0.15, 0.2) is 0 Å². The van der Waals surface area contributed by atoms with Gasteiger partial charge in [0.05, 0.1) is 12.4 Å². The average Bonchev–Trinajstić information content (AvgIpc) is 2.91. The zero-order chi connectivity index (χ0) is 14.8. The van der Waals surface area contributed by atoms with Crippen LogP contribution in [0.3, 0.4) is 0 Å². The summed E-state index contributed by atoms with van der Waals surface area (Å²) in [6.07, 6.45) is 5.09. The molecule has 2 rings (SSSR count). The largest absolute Gasteiger partial charge is 0.399 e. The maximum Gasteiger partial charge on any atom is 0.399 e. The number of hydrogen-bond donors (Lipinski definition) is 1. The minimum Gasteiger partial charge on any atom is -0.343 e. The minimum absolute atomic E-state index is 0.566. The van der Waals surface area contributed by atoms with Crippen LogP contribution >= 0.6 is 11.6 Å². The molecule has 1 aromatic heterocycles. The van der Waals surface area contributed by atoms with Crippen LogP contribution in [0.25, 0.3) is 5.69 Å². The Labute approximate surface area is 119 Å². The fourth-order valence-corrected chi connectivity index (χ4v) is 1.76. The molecule has 0 unspecified atom stereocenters. The second kappa shape index (κ2) is 5.58. The number of nitrogens with zero attached hydrogens (tertiary/aromatic N) is 2. The van der Waals surface area contributed by atoms with E-state index < -0.39 is 17.3 Å². The number of nitrogens with one attached hydrogen (secondary N) is 1. The van der Waals surface area contributed by atoms with Crippen LogP contribution in [0, 0.1) is 0 Å². The van der Waals surface area contributed by atoms with Crippen LogP contribution in [-0.4, -0.2) is 20.8 Å². The molecular weight excluding hydrogens is 288 g/mol. The number of imidazole rings is 1. The molecule has 0 aliphatic carbocycles. The van der Waals surface area contributed by atoms with Gasteiger partial charge < -0.3 is 9.88 Å². The van der Waals surface area contributed by atoms with Crippen LogP contribution in [-0.2, 0) is 4.79 Å². The Kier molecular flexibility index (Phi) is 4.04. The molecular formula is C13H12ClF2N3O. The minimum atomic E-state index is -3.90. The number of rotatable bonds is 4. The van der Waals surface area contributed by atoms with Crippen LogP contribution in [0.5, 0.6) is 0 Å². The molecule has 0 aliphatic heterocycles. The summed E-state index contributed by atoms with van der Waals surface area (Å²) in [4.78, 5) is 15.0. The van der Waals surface area contributed by atoms with Gasteiger partial charge in [0.2, 0.25) is 0 Å². The quantitative estimate of drug-likeness (QED) is 0.883. The lowest BCUT2D eigenvalue weighted by atomic mass is 10.1. The molecule has 4 nitrogen and oxygen atoms in total. The lowest BCUT2D eigenvalue weighted by molar-refractivity contribution is -0.136. The molecule has 0 radical (unpaired) electrons. The predicted octanol–water partition coefficient (Wildman–Crippen LogP) is 2.88. The summed E-state index contributed by atoms with van der Waals surface area (Å²) in [7, 11) is 0. The fraction of sp³-hybridized carbons (Fsp3) is 0.231. The van der Waals surface area contributed by atoms with E-state index in [4.69, 9.17) is 0 Å². The molecule has 20 heavy (non-hydrogen) atoms. The number of benzene rings is 1. The topological polar surface area (TPSA) is 46.9 Å². The summed E-state index contributed by atoms with van der Waals surface area (Å²) in [5.41, 5.74) is 1.58. The van der Waals surface area contributed by atoms with Crippen molar-refractivity contribution >= 4 is 17.5 Å². The zero-order valence-corrected chi connectivity index (χ0v) is 11.3. The third kappa shape index (κ3) is 3.33. The van der Waals surface area contributed by atoms with Gasteiger partial charge in [0.25, 0.3) is 0 Å². The van der Waals surface area contributed by atoms with Crippen molar-refractivity contribution in [2.75, 3.05) is 0 Å². The van der Waals surface area contributed by atoms with E-state index in [0.29, 0.717) is 5.56 Å². The van der Waals surface area contributed by atoms with E-state index in [9.17, 15) is 13.6 Å². The van der Waals surface area contributed by atoms with Crippen LogP contribution in [0.1, 0.15) is 18.5 Å². The maximum atomic E-state index is 12.6. The molecule has 7 heteroatoms. The van der Waals surface area contributed by atoms with Crippen LogP contribution in [0.4, 0.5) is 8.78 Å². The molecule has 1 heterocycles. The van der Waals surface area contributed by atoms with Gasteiger partial charge in [0.1, 0.15) is 0 Å². The van der Waals surface area contributed by atoms with Crippen LogP contribution < -0.4 is 5.32 Å². The first-order chi connectivity index (χ1) is 9.38. The predicted molar refractivity (Wildman–Crippen MR) is 70.9 cm³/mol. The van der Waals surface area contributed by atoms with E-state index in [-0.39, 0.29) is 0 Å². The Morgan fingerprint density at radius 2 is 2.05 bits per heavy atom. The summed E-state index contributed by atoms with van der Waals surface area (Å²) >= 11 is 4.65.